The minimum absolute atomic E-state index is 0.666. The zero-order valence-electron chi connectivity index (χ0n) is 15.6. The van der Waals surface area contributed by atoms with Gasteiger partial charge in [-0.25, -0.2) is 9.97 Å². The molecule has 0 saturated carbocycles. The lowest BCUT2D eigenvalue weighted by Crippen LogP contribution is -1.97. The SMILES string of the molecule is C=COCCCSc1cc(SCCCOC=C)nc(SCCCOC=C)n1. The summed E-state index contributed by atoms with van der Waals surface area (Å²) >= 11 is 5.11. The van der Waals surface area contributed by atoms with Crippen LogP contribution in [0.5, 0.6) is 0 Å². The van der Waals surface area contributed by atoms with Crippen molar-refractivity contribution < 1.29 is 14.2 Å². The molecule has 0 N–H and O–H groups in total. The molecule has 0 saturated heterocycles. The van der Waals surface area contributed by atoms with E-state index in [0.29, 0.717) is 19.8 Å². The Hall–Kier alpha value is -1.25. The second kappa shape index (κ2) is 16.9. The Morgan fingerprint density at radius 1 is 0.704 bits per heavy atom. The maximum atomic E-state index is 5.16. The van der Waals surface area contributed by atoms with E-state index in [1.165, 1.54) is 18.8 Å². The van der Waals surface area contributed by atoms with Gasteiger partial charge >= 0.3 is 0 Å². The highest BCUT2D eigenvalue weighted by atomic mass is 32.2. The quantitative estimate of drug-likeness (QED) is 0.101. The van der Waals surface area contributed by atoms with Crippen molar-refractivity contribution >= 4 is 35.3 Å². The van der Waals surface area contributed by atoms with Crippen molar-refractivity contribution in [3.63, 3.8) is 0 Å². The number of thioether (sulfide) groups is 3. The summed E-state index contributed by atoms with van der Waals surface area (Å²) in [6.45, 7) is 12.7. The van der Waals surface area contributed by atoms with Crippen LogP contribution in [-0.4, -0.2) is 47.0 Å². The topological polar surface area (TPSA) is 53.5 Å². The molecular weight excluding hydrogens is 400 g/mol. The number of ether oxygens (including phenoxy) is 3. The van der Waals surface area contributed by atoms with Crippen LogP contribution in [0.1, 0.15) is 19.3 Å². The van der Waals surface area contributed by atoms with Crippen molar-refractivity contribution in [3.8, 4) is 0 Å². The second-order valence-corrected chi connectivity index (χ2v) is 8.34. The van der Waals surface area contributed by atoms with E-state index in [0.717, 1.165) is 51.7 Å². The molecule has 0 fully saturated rings. The molecule has 0 aliphatic rings. The summed E-state index contributed by atoms with van der Waals surface area (Å²) in [5.74, 6) is 2.80. The van der Waals surface area contributed by atoms with Crippen LogP contribution in [0.4, 0.5) is 0 Å². The van der Waals surface area contributed by atoms with E-state index in [-0.39, 0.29) is 0 Å². The normalized spacial score (nSPS) is 10.2. The van der Waals surface area contributed by atoms with Gasteiger partial charge in [-0.05, 0) is 19.3 Å². The van der Waals surface area contributed by atoms with Crippen molar-refractivity contribution in [2.75, 3.05) is 37.1 Å². The Labute approximate surface area is 175 Å². The van der Waals surface area contributed by atoms with Crippen molar-refractivity contribution in [2.24, 2.45) is 0 Å². The standard InChI is InChI=1S/C19H28N2O3S3/c1-4-22-10-7-13-25-17-16-18(26-14-8-11-23-5-2)21-19(20-17)27-15-9-12-24-6-3/h4-6,16H,1-3,7-15H2. The first kappa shape index (κ1) is 23.8. The number of aromatic nitrogens is 2. The summed E-state index contributed by atoms with van der Waals surface area (Å²) in [7, 11) is 0. The molecule has 8 heteroatoms. The zero-order valence-corrected chi connectivity index (χ0v) is 18.1. The molecule has 0 radical (unpaired) electrons. The third kappa shape index (κ3) is 12.7. The number of hydrogen-bond acceptors (Lipinski definition) is 8. The Bertz CT molecular complexity index is 470. The maximum absolute atomic E-state index is 5.16. The van der Waals surface area contributed by atoms with Crippen LogP contribution < -0.4 is 0 Å². The van der Waals surface area contributed by atoms with E-state index in [2.05, 4.69) is 35.8 Å². The third-order valence-corrected chi connectivity index (χ3v) is 5.89. The smallest absolute Gasteiger partial charge is 0.189 e. The van der Waals surface area contributed by atoms with Gasteiger partial charge < -0.3 is 14.2 Å². The van der Waals surface area contributed by atoms with Crippen LogP contribution in [0.25, 0.3) is 0 Å². The van der Waals surface area contributed by atoms with Gasteiger partial charge in [-0.2, -0.15) is 0 Å². The van der Waals surface area contributed by atoms with Crippen LogP contribution in [0.2, 0.25) is 0 Å². The molecule has 1 aromatic rings. The fourth-order valence-electron chi connectivity index (χ4n) is 1.79. The van der Waals surface area contributed by atoms with Gasteiger partial charge in [0.05, 0.1) is 38.6 Å². The number of nitrogens with zero attached hydrogens (tertiary/aromatic N) is 2. The molecule has 0 bridgehead atoms. The fourth-order valence-corrected chi connectivity index (χ4v) is 4.39. The summed E-state index contributed by atoms with van der Waals surface area (Å²) in [5, 5.41) is 2.81. The number of rotatable bonds is 18. The zero-order chi connectivity index (χ0) is 19.6. The lowest BCUT2D eigenvalue weighted by atomic mass is 10.5. The molecule has 0 aromatic carbocycles. The van der Waals surface area contributed by atoms with Crippen molar-refractivity contribution in [1.82, 2.24) is 9.97 Å². The van der Waals surface area contributed by atoms with Crippen molar-refractivity contribution in [2.45, 2.75) is 34.5 Å². The first-order valence-corrected chi connectivity index (χ1v) is 11.7. The molecule has 150 valence electrons. The molecule has 1 aromatic heterocycles. The van der Waals surface area contributed by atoms with Gasteiger partial charge in [0.25, 0.3) is 0 Å². The van der Waals surface area contributed by atoms with E-state index in [1.807, 2.05) is 0 Å². The van der Waals surface area contributed by atoms with Crippen LogP contribution in [0.15, 0.2) is 59.8 Å². The van der Waals surface area contributed by atoms with Crippen LogP contribution in [0.3, 0.4) is 0 Å². The van der Waals surface area contributed by atoms with Gasteiger partial charge in [0.2, 0.25) is 0 Å². The molecule has 27 heavy (non-hydrogen) atoms. The van der Waals surface area contributed by atoms with Crippen LogP contribution in [-0.2, 0) is 14.2 Å². The second-order valence-electron chi connectivity index (χ2n) is 5.05. The first-order chi connectivity index (χ1) is 13.3. The van der Waals surface area contributed by atoms with Gasteiger partial charge in [0, 0.05) is 23.3 Å². The van der Waals surface area contributed by atoms with E-state index < -0.39 is 0 Å². The van der Waals surface area contributed by atoms with Crippen LogP contribution >= 0.6 is 35.3 Å². The highest BCUT2D eigenvalue weighted by molar-refractivity contribution is 8.00. The summed E-state index contributed by atoms with van der Waals surface area (Å²) < 4.78 is 15.5. The highest BCUT2D eigenvalue weighted by Gasteiger charge is 2.07. The van der Waals surface area contributed by atoms with Gasteiger partial charge in [0.15, 0.2) is 5.16 Å². The summed E-state index contributed by atoms with van der Waals surface area (Å²) in [5.41, 5.74) is 0. The van der Waals surface area contributed by atoms with Gasteiger partial charge in [-0.3, -0.25) is 0 Å². The van der Waals surface area contributed by atoms with Crippen molar-refractivity contribution in [3.05, 3.63) is 44.6 Å². The molecule has 0 spiro atoms. The highest BCUT2D eigenvalue weighted by Crippen LogP contribution is 2.27. The number of hydrogen-bond donors (Lipinski definition) is 0. The minimum Gasteiger partial charge on any atom is -0.502 e. The molecule has 1 heterocycles. The van der Waals surface area contributed by atoms with Crippen molar-refractivity contribution in [1.29, 1.82) is 0 Å². The molecule has 0 unspecified atom stereocenters. The molecule has 0 atom stereocenters. The van der Waals surface area contributed by atoms with E-state index >= 15 is 0 Å². The van der Waals surface area contributed by atoms with E-state index in [9.17, 15) is 0 Å². The maximum Gasteiger partial charge on any atom is 0.189 e. The Morgan fingerprint density at radius 2 is 1.11 bits per heavy atom. The Balaban J connectivity index is 2.55. The Morgan fingerprint density at radius 3 is 1.52 bits per heavy atom. The molecule has 5 nitrogen and oxygen atoms in total. The van der Waals surface area contributed by atoms with E-state index in [4.69, 9.17) is 14.2 Å². The van der Waals surface area contributed by atoms with Gasteiger partial charge in [0.1, 0.15) is 10.1 Å². The van der Waals surface area contributed by atoms with Crippen LogP contribution in [0, 0.1) is 0 Å². The predicted molar refractivity (Wildman–Crippen MR) is 117 cm³/mol. The largest absolute Gasteiger partial charge is 0.502 e. The van der Waals surface area contributed by atoms with E-state index in [1.54, 1.807) is 35.3 Å². The molecule has 0 amide bonds. The van der Waals surface area contributed by atoms with Gasteiger partial charge in [-0.1, -0.05) is 31.5 Å². The molecule has 1 rings (SSSR count). The molecule has 0 aliphatic carbocycles. The fraction of sp³-hybridized carbons (Fsp3) is 0.474. The summed E-state index contributed by atoms with van der Waals surface area (Å²) in [6, 6.07) is 2.06. The predicted octanol–water partition coefficient (Wildman–Crippen LogP) is 5.40. The summed E-state index contributed by atoms with van der Waals surface area (Å²) in [6.07, 6.45) is 7.25. The average Bonchev–Trinajstić information content (AvgIpc) is 2.67. The minimum atomic E-state index is 0.666. The lowest BCUT2D eigenvalue weighted by molar-refractivity contribution is 0.252. The molecule has 0 aliphatic heterocycles. The average molecular weight is 429 g/mol. The Kier molecular flexibility index (Phi) is 14.9. The monoisotopic (exact) mass is 428 g/mol. The molecular formula is C19H28N2O3S3. The first-order valence-electron chi connectivity index (χ1n) is 8.75. The third-order valence-electron chi connectivity index (χ3n) is 2.96. The summed E-state index contributed by atoms with van der Waals surface area (Å²) in [4.78, 5) is 9.34. The lowest BCUT2D eigenvalue weighted by Gasteiger charge is -2.08. The van der Waals surface area contributed by atoms with Gasteiger partial charge in [-0.15, -0.1) is 23.5 Å².